The maximum atomic E-state index is 8.95. The van der Waals surface area contributed by atoms with Crippen LogP contribution in [0.15, 0.2) is 24.3 Å². The van der Waals surface area contributed by atoms with Gasteiger partial charge in [0.25, 0.3) is 0 Å². The summed E-state index contributed by atoms with van der Waals surface area (Å²) in [6.07, 6.45) is 0. The number of para-hydroxylation sites is 1. The molecule has 0 radical (unpaired) electrons. The fourth-order valence-electron chi connectivity index (χ4n) is 1.93. The number of methoxy groups -OCH3 is 2. The molecule has 1 aromatic carbocycles. The SMILES string of the molecule is COc1cccc(-c2cc(N)n(CCO)n2)c1OC. The van der Waals surface area contributed by atoms with Crippen molar-refractivity contribution < 1.29 is 14.6 Å². The quantitative estimate of drug-likeness (QED) is 0.845. The molecule has 6 heteroatoms. The second-order valence-electron chi connectivity index (χ2n) is 3.94. The first-order valence-electron chi connectivity index (χ1n) is 5.86. The van der Waals surface area contributed by atoms with Crippen LogP contribution in [-0.2, 0) is 6.54 Å². The Hall–Kier alpha value is -2.21. The van der Waals surface area contributed by atoms with E-state index in [4.69, 9.17) is 20.3 Å². The van der Waals surface area contributed by atoms with Gasteiger partial charge in [-0.05, 0) is 12.1 Å². The van der Waals surface area contributed by atoms with Gasteiger partial charge in [0.2, 0.25) is 0 Å². The minimum Gasteiger partial charge on any atom is -0.493 e. The van der Waals surface area contributed by atoms with E-state index in [1.807, 2.05) is 18.2 Å². The number of nitrogen functional groups attached to an aromatic ring is 1. The molecular formula is C13H17N3O3. The molecule has 19 heavy (non-hydrogen) atoms. The van der Waals surface area contributed by atoms with Gasteiger partial charge in [0.15, 0.2) is 11.5 Å². The van der Waals surface area contributed by atoms with Crippen LogP contribution in [0.2, 0.25) is 0 Å². The van der Waals surface area contributed by atoms with Crippen molar-refractivity contribution in [2.24, 2.45) is 0 Å². The molecule has 3 N–H and O–H groups in total. The Morgan fingerprint density at radius 2 is 2.11 bits per heavy atom. The van der Waals surface area contributed by atoms with E-state index in [1.165, 1.54) is 0 Å². The smallest absolute Gasteiger partial charge is 0.170 e. The lowest BCUT2D eigenvalue weighted by Gasteiger charge is -2.10. The third-order valence-corrected chi connectivity index (χ3v) is 2.80. The Bertz CT molecular complexity index is 566. The molecule has 0 saturated heterocycles. The van der Waals surface area contributed by atoms with E-state index in [0.29, 0.717) is 29.6 Å². The largest absolute Gasteiger partial charge is 0.493 e. The second kappa shape index (κ2) is 5.62. The number of hydrogen-bond donors (Lipinski definition) is 2. The number of nitrogens with two attached hydrogens (primary N) is 1. The number of anilines is 1. The molecule has 6 nitrogen and oxygen atoms in total. The van der Waals surface area contributed by atoms with E-state index in [-0.39, 0.29) is 6.61 Å². The van der Waals surface area contributed by atoms with E-state index in [9.17, 15) is 0 Å². The molecule has 1 heterocycles. The van der Waals surface area contributed by atoms with Crippen LogP contribution in [0.3, 0.4) is 0 Å². The molecule has 2 aromatic rings. The molecule has 0 atom stereocenters. The molecular weight excluding hydrogens is 246 g/mol. The molecule has 102 valence electrons. The monoisotopic (exact) mass is 263 g/mol. The summed E-state index contributed by atoms with van der Waals surface area (Å²) in [7, 11) is 3.16. The minimum absolute atomic E-state index is 0.0133. The van der Waals surface area contributed by atoms with Crippen molar-refractivity contribution in [1.82, 2.24) is 9.78 Å². The van der Waals surface area contributed by atoms with Crippen LogP contribution in [0, 0.1) is 0 Å². The Labute approximate surface area is 111 Å². The molecule has 0 fully saturated rings. The molecule has 0 saturated carbocycles. The predicted molar refractivity (Wildman–Crippen MR) is 72.3 cm³/mol. The number of aromatic nitrogens is 2. The highest BCUT2D eigenvalue weighted by Gasteiger charge is 2.15. The first kappa shape index (κ1) is 13.2. The number of benzene rings is 1. The number of nitrogens with zero attached hydrogens (tertiary/aromatic N) is 2. The summed E-state index contributed by atoms with van der Waals surface area (Å²) in [5.74, 6) is 1.74. The van der Waals surface area contributed by atoms with Gasteiger partial charge in [0, 0.05) is 11.6 Å². The van der Waals surface area contributed by atoms with E-state index in [0.717, 1.165) is 5.56 Å². The molecule has 0 aliphatic heterocycles. The summed E-state index contributed by atoms with van der Waals surface area (Å²) < 4.78 is 12.2. The predicted octanol–water partition coefficient (Wildman–Crippen LogP) is 1.14. The zero-order valence-electron chi connectivity index (χ0n) is 11.0. The summed E-state index contributed by atoms with van der Waals surface area (Å²) in [4.78, 5) is 0. The maximum Gasteiger partial charge on any atom is 0.170 e. The number of aliphatic hydroxyl groups is 1. The van der Waals surface area contributed by atoms with Gasteiger partial charge < -0.3 is 20.3 Å². The van der Waals surface area contributed by atoms with Gasteiger partial charge in [0.1, 0.15) is 5.82 Å². The highest BCUT2D eigenvalue weighted by atomic mass is 16.5. The van der Waals surface area contributed by atoms with E-state index < -0.39 is 0 Å². The third-order valence-electron chi connectivity index (χ3n) is 2.80. The van der Waals surface area contributed by atoms with Crippen molar-refractivity contribution in [1.29, 1.82) is 0 Å². The fraction of sp³-hybridized carbons (Fsp3) is 0.308. The van der Waals surface area contributed by atoms with E-state index in [1.54, 1.807) is 25.0 Å². The van der Waals surface area contributed by atoms with Crippen LogP contribution >= 0.6 is 0 Å². The molecule has 2 rings (SSSR count). The number of aliphatic hydroxyl groups excluding tert-OH is 1. The minimum atomic E-state index is -0.0133. The highest BCUT2D eigenvalue weighted by Crippen LogP contribution is 2.37. The number of hydrogen-bond acceptors (Lipinski definition) is 5. The van der Waals surface area contributed by atoms with Crippen LogP contribution in [0.4, 0.5) is 5.82 Å². The van der Waals surface area contributed by atoms with E-state index in [2.05, 4.69) is 5.10 Å². The van der Waals surface area contributed by atoms with Crippen molar-refractivity contribution >= 4 is 5.82 Å². The van der Waals surface area contributed by atoms with Crippen LogP contribution in [0.25, 0.3) is 11.3 Å². The number of rotatable bonds is 5. The van der Waals surface area contributed by atoms with Crippen LogP contribution in [0.1, 0.15) is 0 Å². The molecule has 0 aliphatic carbocycles. The van der Waals surface area contributed by atoms with Crippen molar-refractivity contribution in [2.75, 3.05) is 26.6 Å². The molecule has 0 aliphatic rings. The van der Waals surface area contributed by atoms with Crippen molar-refractivity contribution in [2.45, 2.75) is 6.54 Å². The average molecular weight is 263 g/mol. The Morgan fingerprint density at radius 3 is 2.74 bits per heavy atom. The van der Waals surface area contributed by atoms with Gasteiger partial charge in [-0.1, -0.05) is 6.07 Å². The lowest BCUT2D eigenvalue weighted by Crippen LogP contribution is -2.07. The van der Waals surface area contributed by atoms with Crippen LogP contribution < -0.4 is 15.2 Å². The second-order valence-corrected chi connectivity index (χ2v) is 3.94. The van der Waals surface area contributed by atoms with Crippen molar-refractivity contribution in [3.63, 3.8) is 0 Å². The zero-order valence-corrected chi connectivity index (χ0v) is 11.0. The van der Waals surface area contributed by atoms with Crippen LogP contribution in [-0.4, -0.2) is 35.7 Å². The summed E-state index contributed by atoms with van der Waals surface area (Å²) in [5, 5.41) is 13.3. The third kappa shape index (κ3) is 2.48. The summed E-state index contributed by atoms with van der Waals surface area (Å²) in [6, 6.07) is 7.30. The standard InChI is InChI=1S/C13H17N3O3/c1-18-11-5-3-4-9(13(11)19-2)10-8-12(14)16(15-10)6-7-17/h3-5,8,17H,6-7,14H2,1-2H3. The van der Waals surface area contributed by atoms with E-state index >= 15 is 0 Å². The highest BCUT2D eigenvalue weighted by molar-refractivity contribution is 5.72. The first-order valence-corrected chi connectivity index (χ1v) is 5.86. The zero-order chi connectivity index (χ0) is 13.8. The Balaban J connectivity index is 2.49. The van der Waals surface area contributed by atoms with Crippen molar-refractivity contribution in [3.8, 4) is 22.8 Å². The lowest BCUT2D eigenvalue weighted by atomic mass is 10.1. The summed E-state index contributed by atoms with van der Waals surface area (Å²) in [5.41, 5.74) is 7.32. The normalized spacial score (nSPS) is 10.5. The molecule has 0 unspecified atom stereocenters. The number of ether oxygens (including phenoxy) is 2. The van der Waals surface area contributed by atoms with Crippen LogP contribution in [0.5, 0.6) is 11.5 Å². The maximum absolute atomic E-state index is 8.95. The van der Waals surface area contributed by atoms with Gasteiger partial charge >= 0.3 is 0 Å². The van der Waals surface area contributed by atoms with Gasteiger partial charge in [-0.3, -0.25) is 0 Å². The topological polar surface area (TPSA) is 82.5 Å². The van der Waals surface area contributed by atoms with Gasteiger partial charge in [0.05, 0.1) is 33.1 Å². The Morgan fingerprint density at radius 1 is 1.32 bits per heavy atom. The Kier molecular flexibility index (Phi) is 3.91. The first-order chi connectivity index (χ1) is 9.21. The molecule has 1 aromatic heterocycles. The molecule has 0 amide bonds. The van der Waals surface area contributed by atoms with Gasteiger partial charge in [-0.25, -0.2) is 4.68 Å². The van der Waals surface area contributed by atoms with Crippen molar-refractivity contribution in [3.05, 3.63) is 24.3 Å². The summed E-state index contributed by atoms with van der Waals surface area (Å²) in [6.45, 7) is 0.346. The average Bonchev–Trinajstić information content (AvgIpc) is 2.79. The fourth-order valence-corrected chi connectivity index (χ4v) is 1.93. The molecule has 0 bridgehead atoms. The van der Waals surface area contributed by atoms with Gasteiger partial charge in [-0.15, -0.1) is 0 Å². The lowest BCUT2D eigenvalue weighted by molar-refractivity contribution is 0.270. The van der Waals surface area contributed by atoms with Gasteiger partial charge in [-0.2, -0.15) is 5.10 Å². The molecule has 0 spiro atoms. The summed E-state index contributed by atoms with van der Waals surface area (Å²) >= 11 is 0.